The molecular formula is C19H31N3. The quantitative estimate of drug-likeness (QED) is 0.920. The Balaban J connectivity index is 1.54. The molecule has 2 heterocycles. The van der Waals surface area contributed by atoms with Gasteiger partial charge in [0, 0.05) is 52.4 Å². The van der Waals surface area contributed by atoms with Gasteiger partial charge < -0.3 is 10.2 Å². The third-order valence-electron chi connectivity index (χ3n) is 5.48. The van der Waals surface area contributed by atoms with E-state index in [2.05, 4.69) is 59.3 Å². The lowest BCUT2D eigenvalue weighted by molar-refractivity contribution is 0.0452. The molecule has 0 bridgehead atoms. The van der Waals surface area contributed by atoms with Crippen molar-refractivity contribution in [3.8, 4) is 0 Å². The molecule has 122 valence electrons. The number of piperidine rings is 1. The number of nitrogens with one attached hydrogen (secondary N) is 1. The van der Waals surface area contributed by atoms with Crippen LogP contribution < -0.4 is 5.32 Å². The molecule has 2 aliphatic heterocycles. The van der Waals surface area contributed by atoms with Crippen molar-refractivity contribution in [1.29, 1.82) is 0 Å². The van der Waals surface area contributed by atoms with Crippen LogP contribution in [-0.4, -0.2) is 55.6 Å². The fourth-order valence-corrected chi connectivity index (χ4v) is 4.24. The largest absolute Gasteiger partial charge is 0.314 e. The molecule has 0 aliphatic carbocycles. The van der Waals surface area contributed by atoms with E-state index < -0.39 is 0 Å². The third kappa shape index (κ3) is 4.09. The average molecular weight is 301 g/mol. The van der Waals surface area contributed by atoms with E-state index in [0.29, 0.717) is 0 Å². The Bertz CT molecular complexity index is 429. The molecule has 0 radical (unpaired) electrons. The molecule has 2 saturated heterocycles. The van der Waals surface area contributed by atoms with Crippen LogP contribution >= 0.6 is 0 Å². The molecule has 2 atom stereocenters. The van der Waals surface area contributed by atoms with Gasteiger partial charge in [0.15, 0.2) is 0 Å². The highest BCUT2D eigenvalue weighted by molar-refractivity contribution is 5.14. The van der Waals surface area contributed by atoms with Gasteiger partial charge in [-0.2, -0.15) is 0 Å². The molecule has 0 aromatic heterocycles. The first-order valence-corrected chi connectivity index (χ1v) is 8.91. The zero-order chi connectivity index (χ0) is 15.4. The number of benzene rings is 1. The normalized spacial score (nSPS) is 31.3. The van der Waals surface area contributed by atoms with Gasteiger partial charge in [-0.25, -0.2) is 0 Å². The second-order valence-electron chi connectivity index (χ2n) is 7.35. The highest BCUT2D eigenvalue weighted by Gasteiger charge is 2.33. The predicted molar refractivity (Wildman–Crippen MR) is 92.8 cm³/mol. The van der Waals surface area contributed by atoms with Gasteiger partial charge in [-0.1, -0.05) is 44.2 Å². The first-order chi connectivity index (χ1) is 10.7. The number of rotatable bonds is 4. The van der Waals surface area contributed by atoms with Crippen LogP contribution in [0, 0.1) is 17.8 Å². The molecule has 0 amide bonds. The average Bonchev–Trinajstić information content (AvgIpc) is 2.53. The molecular weight excluding hydrogens is 270 g/mol. The number of piperazine rings is 1. The van der Waals surface area contributed by atoms with Crippen LogP contribution in [0.4, 0.5) is 0 Å². The monoisotopic (exact) mass is 301 g/mol. The minimum absolute atomic E-state index is 0.794. The summed E-state index contributed by atoms with van der Waals surface area (Å²) >= 11 is 0. The second-order valence-corrected chi connectivity index (χ2v) is 7.35. The van der Waals surface area contributed by atoms with Crippen LogP contribution in [0.2, 0.25) is 0 Å². The summed E-state index contributed by atoms with van der Waals surface area (Å²) in [7, 11) is 0. The molecule has 2 fully saturated rings. The Labute approximate surface area is 135 Å². The summed E-state index contributed by atoms with van der Waals surface area (Å²) in [5.41, 5.74) is 1.45. The zero-order valence-electron chi connectivity index (χ0n) is 14.2. The molecule has 1 aromatic rings. The summed E-state index contributed by atoms with van der Waals surface area (Å²) in [5, 5.41) is 3.46. The topological polar surface area (TPSA) is 18.5 Å². The van der Waals surface area contributed by atoms with E-state index in [1.165, 1.54) is 38.3 Å². The van der Waals surface area contributed by atoms with Crippen LogP contribution in [-0.2, 0) is 6.54 Å². The molecule has 2 aliphatic rings. The SMILES string of the molecule is CC1CN(Cc2ccccc2)CC(C)C1CN1CCNCC1. The Morgan fingerprint density at radius 1 is 0.955 bits per heavy atom. The van der Waals surface area contributed by atoms with Crippen molar-refractivity contribution in [2.45, 2.75) is 20.4 Å². The molecule has 3 rings (SSSR count). The Morgan fingerprint density at radius 2 is 1.59 bits per heavy atom. The summed E-state index contributed by atoms with van der Waals surface area (Å²) in [4.78, 5) is 5.32. The molecule has 3 heteroatoms. The van der Waals surface area contributed by atoms with Crippen molar-refractivity contribution >= 4 is 0 Å². The van der Waals surface area contributed by atoms with Crippen molar-refractivity contribution < 1.29 is 0 Å². The Kier molecular flexibility index (Phi) is 5.51. The second kappa shape index (κ2) is 7.58. The third-order valence-corrected chi connectivity index (χ3v) is 5.48. The maximum absolute atomic E-state index is 3.46. The molecule has 3 nitrogen and oxygen atoms in total. The van der Waals surface area contributed by atoms with Crippen LogP contribution in [0.1, 0.15) is 19.4 Å². The van der Waals surface area contributed by atoms with Gasteiger partial charge in [-0.15, -0.1) is 0 Å². The lowest BCUT2D eigenvalue weighted by atomic mass is 9.79. The first kappa shape index (κ1) is 16.0. The molecule has 1 N–H and O–H groups in total. The van der Waals surface area contributed by atoms with E-state index in [1.54, 1.807) is 0 Å². The van der Waals surface area contributed by atoms with E-state index in [-0.39, 0.29) is 0 Å². The van der Waals surface area contributed by atoms with Gasteiger partial charge in [0.05, 0.1) is 0 Å². The summed E-state index contributed by atoms with van der Waals surface area (Å²) in [6.07, 6.45) is 0. The summed E-state index contributed by atoms with van der Waals surface area (Å²) in [5.74, 6) is 2.44. The number of likely N-dealkylation sites (tertiary alicyclic amines) is 1. The number of hydrogen-bond acceptors (Lipinski definition) is 3. The van der Waals surface area contributed by atoms with E-state index >= 15 is 0 Å². The van der Waals surface area contributed by atoms with Gasteiger partial charge in [-0.3, -0.25) is 4.90 Å². The van der Waals surface area contributed by atoms with Crippen molar-refractivity contribution in [2.75, 3.05) is 45.8 Å². The fourth-order valence-electron chi connectivity index (χ4n) is 4.24. The lowest BCUT2D eigenvalue weighted by Gasteiger charge is -2.44. The van der Waals surface area contributed by atoms with Gasteiger partial charge in [0.25, 0.3) is 0 Å². The van der Waals surface area contributed by atoms with E-state index in [1.807, 2.05) is 0 Å². The molecule has 2 unspecified atom stereocenters. The number of hydrogen-bond donors (Lipinski definition) is 1. The van der Waals surface area contributed by atoms with Crippen molar-refractivity contribution in [3.05, 3.63) is 35.9 Å². The summed E-state index contributed by atoms with van der Waals surface area (Å²) < 4.78 is 0. The summed E-state index contributed by atoms with van der Waals surface area (Å²) in [6.45, 7) is 14.6. The zero-order valence-corrected chi connectivity index (χ0v) is 14.2. The number of nitrogens with zero attached hydrogens (tertiary/aromatic N) is 2. The smallest absolute Gasteiger partial charge is 0.0233 e. The van der Waals surface area contributed by atoms with Crippen LogP contribution in [0.15, 0.2) is 30.3 Å². The Hall–Kier alpha value is -0.900. The maximum atomic E-state index is 3.46. The van der Waals surface area contributed by atoms with Crippen molar-refractivity contribution in [3.63, 3.8) is 0 Å². The Morgan fingerprint density at radius 3 is 2.23 bits per heavy atom. The van der Waals surface area contributed by atoms with Gasteiger partial charge in [0.2, 0.25) is 0 Å². The fraction of sp³-hybridized carbons (Fsp3) is 0.684. The molecule has 1 aromatic carbocycles. The predicted octanol–water partition coefficient (Wildman–Crippen LogP) is 2.30. The minimum Gasteiger partial charge on any atom is -0.314 e. The van der Waals surface area contributed by atoms with Crippen molar-refractivity contribution in [2.24, 2.45) is 17.8 Å². The lowest BCUT2D eigenvalue weighted by Crippen LogP contribution is -2.51. The summed E-state index contributed by atoms with van der Waals surface area (Å²) in [6, 6.07) is 10.9. The van der Waals surface area contributed by atoms with Gasteiger partial charge in [0.1, 0.15) is 0 Å². The maximum Gasteiger partial charge on any atom is 0.0233 e. The molecule has 22 heavy (non-hydrogen) atoms. The van der Waals surface area contributed by atoms with Crippen molar-refractivity contribution in [1.82, 2.24) is 15.1 Å². The minimum atomic E-state index is 0.794. The first-order valence-electron chi connectivity index (χ1n) is 8.91. The van der Waals surface area contributed by atoms with Gasteiger partial charge >= 0.3 is 0 Å². The van der Waals surface area contributed by atoms with Crippen LogP contribution in [0.5, 0.6) is 0 Å². The van der Waals surface area contributed by atoms with E-state index in [0.717, 1.165) is 37.4 Å². The van der Waals surface area contributed by atoms with Gasteiger partial charge in [-0.05, 0) is 23.3 Å². The van der Waals surface area contributed by atoms with Crippen LogP contribution in [0.3, 0.4) is 0 Å². The molecule has 0 saturated carbocycles. The van der Waals surface area contributed by atoms with E-state index in [9.17, 15) is 0 Å². The highest BCUT2D eigenvalue weighted by Crippen LogP contribution is 2.30. The standard InChI is InChI=1S/C19H31N3/c1-16-12-22(14-18-6-4-3-5-7-18)13-17(2)19(16)15-21-10-8-20-9-11-21/h3-7,16-17,19-20H,8-15H2,1-2H3. The highest BCUT2D eigenvalue weighted by atomic mass is 15.2. The molecule has 0 spiro atoms. The van der Waals surface area contributed by atoms with Crippen LogP contribution in [0.25, 0.3) is 0 Å². The van der Waals surface area contributed by atoms with E-state index in [4.69, 9.17) is 0 Å².